The number of benzene rings is 2. The highest BCUT2D eigenvalue weighted by atomic mass is 19.4. The Balaban J connectivity index is 1.52. The van der Waals surface area contributed by atoms with Crippen molar-refractivity contribution in [3.8, 4) is 11.1 Å². The lowest BCUT2D eigenvalue weighted by Crippen LogP contribution is -2.49. The molecule has 2 aliphatic rings. The Hall–Kier alpha value is -3.40. The van der Waals surface area contributed by atoms with Gasteiger partial charge in [0.25, 0.3) is 5.91 Å². The van der Waals surface area contributed by atoms with E-state index in [1.165, 1.54) is 6.92 Å². The fourth-order valence-corrected chi connectivity index (χ4v) is 4.03. The molecular weight excluding hydrogens is 427 g/mol. The molecule has 1 saturated heterocycles. The summed E-state index contributed by atoms with van der Waals surface area (Å²) in [5.74, 6) is -2.45. The van der Waals surface area contributed by atoms with Gasteiger partial charge < -0.3 is 15.3 Å². The van der Waals surface area contributed by atoms with Crippen molar-refractivity contribution < 1.29 is 32.7 Å². The van der Waals surface area contributed by atoms with Crippen LogP contribution in [-0.2, 0) is 22.6 Å². The van der Waals surface area contributed by atoms with Crippen LogP contribution in [0.1, 0.15) is 29.7 Å². The number of hydrogen-bond acceptors (Lipinski definition) is 4. The molecule has 2 aromatic carbocycles. The second-order valence-corrected chi connectivity index (χ2v) is 8.09. The Morgan fingerprint density at radius 2 is 1.75 bits per heavy atom. The summed E-state index contributed by atoms with van der Waals surface area (Å²) < 4.78 is 38.1. The van der Waals surface area contributed by atoms with E-state index in [2.05, 4.69) is 10.6 Å². The van der Waals surface area contributed by atoms with Crippen LogP contribution in [0.3, 0.4) is 0 Å². The van der Waals surface area contributed by atoms with Gasteiger partial charge in [-0.25, -0.2) is 4.79 Å². The number of nitrogens with zero attached hydrogens (tertiary/aromatic N) is 1. The number of nitrogens with one attached hydrogen (secondary N) is 2. The molecule has 2 aromatic rings. The third-order valence-corrected chi connectivity index (χ3v) is 5.93. The molecule has 32 heavy (non-hydrogen) atoms. The summed E-state index contributed by atoms with van der Waals surface area (Å²) in [6.45, 7) is 1.33. The molecule has 2 aliphatic heterocycles. The average Bonchev–Trinajstić information content (AvgIpc) is 3.03. The Labute approximate surface area is 181 Å². The fourth-order valence-electron chi connectivity index (χ4n) is 4.03. The number of aliphatic hydroxyl groups excluding tert-OH is 1. The highest BCUT2D eigenvalue weighted by molar-refractivity contribution is 6.07. The largest absolute Gasteiger partial charge is 0.471 e. The molecule has 0 radical (unpaired) electrons. The van der Waals surface area contributed by atoms with Crippen LogP contribution >= 0.6 is 0 Å². The number of imide groups is 1. The summed E-state index contributed by atoms with van der Waals surface area (Å²) >= 11 is 0. The zero-order chi connectivity index (χ0) is 23.3. The van der Waals surface area contributed by atoms with Crippen LogP contribution in [0.2, 0.25) is 0 Å². The number of fused-ring (bicyclic) bond motifs is 1. The summed E-state index contributed by atoms with van der Waals surface area (Å²) in [5, 5.41) is 15.2. The lowest BCUT2D eigenvalue weighted by molar-refractivity contribution is -0.186. The molecule has 1 fully saturated rings. The fraction of sp³-hybridized carbons (Fsp3) is 0.318. The smallest absolute Gasteiger partial charge is 0.385 e. The number of alkyl halides is 3. The van der Waals surface area contributed by atoms with E-state index >= 15 is 0 Å². The normalized spacial score (nSPS) is 21.6. The van der Waals surface area contributed by atoms with Crippen molar-refractivity contribution >= 4 is 17.8 Å². The SMILES string of the molecule is CC1(C(O)c2ccc(-c3ccc4c(c3)CCN(C(=O)C(F)(F)F)C4)cc2)NC(=O)NC1=O. The predicted octanol–water partition coefficient (Wildman–Crippen LogP) is 2.43. The van der Waals surface area contributed by atoms with Gasteiger partial charge in [-0.2, -0.15) is 13.2 Å². The van der Waals surface area contributed by atoms with E-state index < -0.39 is 35.7 Å². The molecule has 2 atom stereocenters. The molecule has 4 amide bonds. The lowest BCUT2D eigenvalue weighted by Gasteiger charge is -2.29. The number of amides is 4. The van der Waals surface area contributed by atoms with E-state index in [4.69, 9.17) is 0 Å². The van der Waals surface area contributed by atoms with E-state index in [-0.39, 0.29) is 13.1 Å². The first-order chi connectivity index (χ1) is 15.0. The van der Waals surface area contributed by atoms with E-state index in [1.807, 2.05) is 6.07 Å². The first-order valence-electron chi connectivity index (χ1n) is 9.89. The van der Waals surface area contributed by atoms with Crippen molar-refractivity contribution in [1.29, 1.82) is 0 Å². The van der Waals surface area contributed by atoms with Gasteiger partial charge in [-0.3, -0.25) is 14.9 Å². The van der Waals surface area contributed by atoms with E-state index in [0.29, 0.717) is 17.5 Å². The lowest BCUT2D eigenvalue weighted by atomic mass is 9.88. The zero-order valence-corrected chi connectivity index (χ0v) is 17.0. The molecular formula is C22H20F3N3O4. The minimum Gasteiger partial charge on any atom is -0.385 e. The summed E-state index contributed by atoms with van der Waals surface area (Å²) in [6, 6.07) is 11.5. The minimum absolute atomic E-state index is 0.00764. The molecule has 7 nitrogen and oxygen atoms in total. The maximum absolute atomic E-state index is 12.7. The van der Waals surface area contributed by atoms with E-state index in [1.54, 1.807) is 36.4 Å². The van der Waals surface area contributed by atoms with Gasteiger partial charge in [0.05, 0.1) is 0 Å². The van der Waals surface area contributed by atoms with Crippen LogP contribution in [0.25, 0.3) is 11.1 Å². The molecule has 0 aromatic heterocycles. The standard InChI is InChI=1S/C22H20F3N3O4/c1-21(18(30)26-20(32)27-21)17(29)13-4-2-12(3-5-13)14-6-7-16-11-28(9-8-15(16)10-14)19(31)22(23,24)25/h2-7,10,17,29H,8-9,11H2,1H3,(H2,26,27,30,32). The van der Waals surface area contributed by atoms with Crippen LogP contribution < -0.4 is 10.6 Å². The Kier molecular flexibility index (Phi) is 5.20. The second kappa shape index (κ2) is 7.63. The highest BCUT2D eigenvalue weighted by Gasteiger charge is 2.48. The summed E-state index contributed by atoms with van der Waals surface area (Å²) in [5.41, 5.74) is 2.13. The van der Waals surface area contributed by atoms with Crippen molar-refractivity contribution in [2.45, 2.75) is 37.7 Å². The second-order valence-electron chi connectivity index (χ2n) is 8.09. The number of aliphatic hydroxyl groups is 1. The van der Waals surface area contributed by atoms with Gasteiger partial charge in [0.2, 0.25) is 0 Å². The Morgan fingerprint density at radius 1 is 1.09 bits per heavy atom. The van der Waals surface area contributed by atoms with Gasteiger partial charge in [-0.05, 0) is 41.2 Å². The zero-order valence-electron chi connectivity index (χ0n) is 17.0. The number of carbonyl (C=O) groups excluding carboxylic acids is 3. The molecule has 0 bridgehead atoms. The van der Waals surface area contributed by atoms with Gasteiger partial charge in [0.1, 0.15) is 11.6 Å². The van der Waals surface area contributed by atoms with E-state index in [9.17, 15) is 32.7 Å². The maximum atomic E-state index is 12.7. The molecule has 10 heteroatoms. The van der Waals surface area contributed by atoms with E-state index in [0.717, 1.165) is 21.6 Å². The number of rotatable bonds is 3. The molecule has 2 unspecified atom stereocenters. The minimum atomic E-state index is -4.89. The number of halogens is 3. The first-order valence-corrected chi connectivity index (χ1v) is 9.89. The molecule has 4 rings (SSSR count). The predicted molar refractivity (Wildman–Crippen MR) is 107 cm³/mol. The average molecular weight is 447 g/mol. The highest BCUT2D eigenvalue weighted by Crippen LogP contribution is 2.32. The van der Waals surface area contributed by atoms with Gasteiger partial charge in [0.15, 0.2) is 0 Å². The van der Waals surface area contributed by atoms with Gasteiger partial charge in [-0.1, -0.05) is 42.5 Å². The summed E-state index contributed by atoms with van der Waals surface area (Å²) in [7, 11) is 0. The summed E-state index contributed by atoms with van der Waals surface area (Å²) in [6.07, 6.45) is -5.83. The molecule has 2 heterocycles. The van der Waals surface area contributed by atoms with Crippen molar-refractivity contribution in [3.05, 3.63) is 59.2 Å². The maximum Gasteiger partial charge on any atom is 0.471 e. The molecule has 0 aliphatic carbocycles. The van der Waals surface area contributed by atoms with Crippen molar-refractivity contribution in [2.24, 2.45) is 0 Å². The van der Waals surface area contributed by atoms with Crippen LogP contribution in [0.4, 0.5) is 18.0 Å². The topological polar surface area (TPSA) is 98.7 Å². The summed E-state index contributed by atoms with van der Waals surface area (Å²) in [4.78, 5) is 35.8. The number of carbonyl (C=O) groups is 3. The number of urea groups is 1. The number of hydrogen-bond donors (Lipinski definition) is 3. The van der Waals surface area contributed by atoms with Crippen molar-refractivity contribution in [3.63, 3.8) is 0 Å². The first kappa shape index (κ1) is 21.8. The third-order valence-electron chi connectivity index (χ3n) is 5.93. The molecule has 0 spiro atoms. The third kappa shape index (κ3) is 3.81. The van der Waals surface area contributed by atoms with Crippen LogP contribution in [0, 0.1) is 0 Å². The van der Waals surface area contributed by atoms with Gasteiger partial charge >= 0.3 is 18.1 Å². The monoisotopic (exact) mass is 447 g/mol. The van der Waals surface area contributed by atoms with Crippen molar-refractivity contribution in [1.82, 2.24) is 15.5 Å². The van der Waals surface area contributed by atoms with Crippen LogP contribution in [0.5, 0.6) is 0 Å². The van der Waals surface area contributed by atoms with Crippen LogP contribution in [0.15, 0.2) is 42.5 Å². The van der Waals surface area contributed by atoms with Gasteiger partial charge in [-0.15, -0.1) is 0 Å². The van der Waals surface area contributed by atoms with Crippen molar-refractivity contribution in [2.75, 3.05) is 6.54 Å². The van der Waals surface area contributed by atoms with Gasteiger partial charge in [0, 0.05) is 13.1 Å². The molecule has 168 valence electrons. The molecule has 0 saturated carbocycles. The van der Waals surface area contributed by atoms with Crippen LogP contribution in [-0.4, -0.2) is 46.1 Å². The molecule has 3 N–H and O–H groups in total. The Morgan fingerprint density at radius 3 is 2.34 bits per heavy atom. The quantitative estimate of drug-likeness (QED) is 0.630. The Bertz CT molecular complexity index is 1100.